The number of amides is 1. The van der Waals surface area contributed by atoms with E-state index in [1.165, 1.54) is 39.0 Å². The van der Waals surface area contributed by atoms with Crippen LogP contribution in [-0.4, -0.2) is 22.1 Å². The molecule has 17 heavy (non-hydrogen) atoms. The van der Waals surface area contributed by atoms with Crippen molar-refractivity contribution >= 4 is 17.5 Å². The number of hydrogen-bond donors (Lipinski definition) is 2. The molecular weight excluding hydrogens is 216 g/mol. The molecule has 0 aromatic carbocycles. The summed E-state index contributed by atoms with van der Waals surface area (Å²) in [6.45, 7) is 1.45. The minimum atomic E-state index is -0.132. The first-order chi connectivity index (χ1) is 8.24. The molecule has 0 atom stereocenters. The first-order valence-electron chi connectivity index (χ1n) is 6.12. The van der Waals surface area contributed by atoms with Crippen molar-refractivity contribution in [2.45, 2.75) is 45.1 Å². The second-order valence-electron chi connectivity index (χ2n) is 4.46. The van der Waals surface area contributed by atoms with Crippen molar-refractivity contribution in [1.82, 2.24) is 10.2 Å². The lowest BCUT2D eigenvalue weighted by molar-refractivity contribution is -0.114. The third-order valence-electron chi connectivity index (χ3n) is 2.93. The van der Waals surface area contributed by atoms with Crippen molar-refractivity contribution in [3.63, 3.8) is 0 Å². The first-order valence-corrected chi connectivity index (χ1v) is 6.12. The van der Waals surface area contributed by atoms with Crippen molar-refractivity contribution in [3.05, 3.63) is 12.1 Å². The number of hydrogen-bond acceptors (Lipinski definition) is 4. The standard InChI is InChI=1S/C12H18N4O/c1-9(17)13-11-7-8-12(16-15-11)14-10-5-3-2-4-6-10/h7-8,10H,2-6H2,1H3,(H,14,16)(H,13,15,17). The number of anilines is 2. The largest absolute Gasteiger partial charge is 0.366 e. The van der Waals surface area contributed by atoms with Gasteiger partial charge in [0.25, 0.3) is 0 Å². The summed E-state index contributed by atoms with van der Waals surface area (Å²) in [6.07, 6.45) is 6.32. The van der Waals surface area contributed by atoms with E-state index in [1.807, 2.05) is 6.07 Å². The molecule has 1 fully saturated rings. The van der Waals surface area contributed by atoms with Crippen LogP contribution in [0.15, 0.2) is 12.1 Å². The second kappa shape index (κ2) is 5.61. The molecule has 1 aromatic heterocycles. The lowest BCUT2D eigenvalue weighted by atomic mass is 9.95. The maximum atomic E-state index is 10.8. The fourth-order valence-corrected chi connectivity index (χ4v) is 2.11. The van der Waals surface area contributed by atoms with Crippen LogP contribution in [0.3, 0.4) is 0 Å². The van der Waals surface area contributed by atoms with Crippen LogP contribution in [0.25, 0.3) is 0 Å². The average molecular weight is 234 g/mol. The molecule has 1 saturated carbocycles. The summed E-state index contributed by atoms with van der Waals surface area (Å²) in [5.41, 5.74) is 0. The normalized spacial score (nSPS) is 16.5. The van der Waals surface area contributed by atoms with E-state index in [9.17, 15) is 4.79 Å². The molecule has 5 heteroatoms. The van der Waals surface area contributed by atoms with Crippen LogP contribution in [-0.2, 0) is 4.79 Å². The minimum absolute atomic E-state index is 0.132. The maximum Gasteiger partial charge on any atom is 0.222 e. The number of carbonyl (C=O) groups is 1. The Bertz CT molecular complexity index is 371. The number of nitrogens with one attached hydrogen (secondary N) is 2. The van der Waals surface area contributed by atoms with Crippen LogP contribution in [0, 0.1) is 0 Å². The van der Waals surface area contributed by atoms with Gasteiger partial charge in [-0.3, -0.25) is 4.79 Å². The highest BCUT2D eigenvalue weighted by Crippen LogP contribution is 2.20. The van der Waals surface area contributed by atoms with Crippen LogP contribution in [0.1, 0.15) is 39.0 Å². The highest BCUT2D eigenvalue weighted by Gasteiger charge is 2.13. The van der Waals surface area contributed by atoms with Crippen LogP contribution in [0.4, 0.5) is 11.6 Å². The van der Waals surface area contributed by atoms with Gasteiger partial charge in [0, 0.05) is 13.0 Å². The summed E-state index contributed by atoms with van der Waals surface area (Å²) in [7, 11) is 0. The van der Waals surface area contributed by atoms with E-state index in [1.54, 1.807) is 6.07 Å². The summed E-state index contributed by atoms with van der Waals surface area (Å²) < 4.78 is 0. The molecule has 0 saturated heterocycles. The van der Waals surface area contributed by atoms with E-state index in [0.717, 1.165) is 5.82 Å². The summed E-state index contributed by atoms with van der Waals surface area (Å²) in [4.78, 5) is 10.8. The van der Waals surface area contributed by atoms with Gasteiger partial charge in [0.1, 0.15) is 5.82 Å². The Morgan fingerprint density at radius 2 is 1.82 bits per heavy atom. The summed E-state index contributed by atoms with van der Waals surface area (Å²) in [6, 6.07) is 4.14. The third kappa shape index (κ3) is 3.69. The summed E-state index contributed by atoms with van der Waals surface area (Å²) in [5, 5.41) is 14.0. The second-order valence-corrected chi connectivity index (χ2v) is 4.46. The quantitative estimate of drug-likeness (QED) is 0.841. The predicted octanol–water partition coefficient (Wildman–Crippen LogP) is 2.18. The van der Waals surface area contributed by atoms with E-state index in [2.05, 4.69) is 20.8 Å². The summed E-state index contributed by atoms with van der Waals surface area (Å²) >= 11 is 0. The van der Waals surface area contributed by atoms with Crippen LogP contribution < -0.4 is 10.6 Å². The van der Waals surface area contributed by atoms with Crippen LogP contribution in [0.5, 0.6) is 0 Å². The zero-order valence-electron chi connectivity index (χ0n) is 10.1. The molecule has 1 aliphatic rings. The smallest absolute Gasteiger partial charge is 0.222 e. The third-order valence-corrected chi connectivity index (χ3v) is 2.93. The topological polar surface area (TPSA) is 66.9 Å². The molecule has 1 aromatic rings. The van der Waals surface area contributed by atoms with Gasteiger partial charge in [-0.15, -0.1) is 10.2 Å². The van der Waals surface area contributed by atoms with Crippen molar-refractivity contribution in [3.8, 4) is 0 Å². The average Bonchev–Trinajstić information content (AvgIpc) is 2.32. The molecule has 2 rings (SSSR count). The molecule has 0 aliphatic heterocycles. The molecule has 0 radical (unpaired) electrons. The van der Waals surface area contributed by atoms with Gasteiger partial charge in [0.05, 0.1) is 0 Å². The SMILES string of the molecule is CC(=O)Nc1ccc(NC2CCCCC2)nn1. The Balaban J connectivity index is 1.90. The van der Waals surface area contributed by atoms with Gasteiger partial charge >= 0.3 is 0 Å². The molecule has 0 spiro atoms. The highest BCUT2D eigenvalue weighted by atomic mass is 16.1. The molecule has 1 amide bonds. The van der Waals surface area contributed by atoms with Gasteiger partial charge in [-0.2, -0.15) is 0 Å². The lowest BCUT2D eigenvalue weighted by Crippen LogP contribution is -2.23. The molecule has 0 bridgehead atoms. The Labute approximate surface area is 101 Å². The van der Waals surface area contributed by atoms with E-state index in [-0.39, 0.29) is 5.91 Å². The summed E-state index contributed by atoms with van der Waals surface area (Å²) in [5.74, 6) is 1.14. The molecule has 2 N–H and O–H groups in total. The molecular formula is C12H18N4O. The number of aromatic nitrogens is 2. The Morgan fingerprint density at radius 1 is 1.18 bits per heavy atom. The van der Waals surface area contributed by atoms with E-state index >= 15 is 0 Å². The fourth-order valence-electron chi connectivity index (χ4n) is 2.11. The Kier molecular flexibility index (Phi) is 3.90. The van der Waals surface area contributed by atoms with Gasteiger partial charge in [-0.25, -0.2) is 0 Å². The zero-order chi connectivity index (χ0) is 12.1. The zero-order valence-corrected chi connectivity index (χ0v) is 10.1. The van der Waals surface area contributed by atoms with Gasteiger partial charge in [-0.05, 0) is 25.0 Å². The van der Waals surface area contributed by atoms with Gasteiger partial charge in [0.15, 0.2) is 5.82 Å². The number of carbonyl (C=O) groups excluding carboxylic acids is 1. The van der Waals surface area contributed by atoms with E-state index < -0.39 is 0 Å². The molecule has 5 nitrogen and oxygen atoms in total. The maximum absolute atomic E-state index is 10.8. The molecule has 0 unspecified atom stereocenters. The van der Waals surface area contributed by atoms with Crippen molar-refractivity contribution in [1.29, 1.82) is 0 Å². The van der Waals surface area contributed by atoms with Crippen molar-refractivity contribution in [2.24, 2.45) is 0 Å². The Morgan fingerprint density at radius 3 is 2.41 bits per heavy atom. The minimum Gasteiger partial charge on any atom is -0.366 e. The molecule has 1 aliphatic carbocycles. The van der Waals surface area contributed by atoms with Gasteiger partial charge < -0.3 is 10.6 Å². The molecule has 92 valence electrons. The van der Waals surface area contributed by atoms with Crippen molar-refractivity contribution < 1.29 is 4.79 Å². The Hall–Kier alpha value is -1.65. The van der Waals surface area contributed by atoms with E-state index in [4.69, 9.17) is 0 Å². The van der Waals surface area contributed by atoms with Crippen molar-refractivity contribution in [2.75, 3.05) is 10.6 Å². The lowest BCUT2D eigenvalue weighted by Gasteiger charge is -2.22. The van der Waals surface area contributed by atoms with Gasteiger partial charge in [0.2, 0.25) is 5.91 Å². The molecule has 1 heterocycles. The van der Waals surface area contributed by atoms with Crippen LogP contribution in [0.2, 0.25) is 0 Å². The number of nitrogens with zero attached hydrogens (tertiary/aromatic N) is 2. The predicted molar refractivity (Wildman–Crippen MR) is 66.8 cm³/mol. The number of rotatable bonds is 3. The monoisotopic (exact) mass is 234 g/mol. The van der Waals surface area contributed by atoms with Gasteiger partial charge in [-0.1, -0.05) is 19.3 Å². The fraction of sp³-hybridized carbons (Fsp3) is 0.583. The van der Waals surface area contributed by atoms with Crippen LogP contribution >= 0.6 is 0 Å². The first kappa shape index (κ1) is 11.8. The van der Waals surface area contributed by atoms with E-state index in [0.29, 0.717) is 11.9 Å². The highest BCUT2D eigenvalue weighted by molar-refractivity contribution is 5.87.